The van der Waals surface area contributed by atoms with Crippen LogP contribution in [0.5, 0.6) is 0 Å². The van der Waals surface area contributed by atoms with E-state index in [1.807, 2.05) is 30.0 Å². The topological polar surface area (TPSA) is 64.1 Å². The number of hydrogen-bond acceptors (Lipinski definition) is 4. The summed E-state index contributed by atoms with van der Waals surface area (Å²) in [6, 6.07) is 10.0. The van der Waals surface area contributed by atoms with Gasteiger partial charge in [-0.2, -0.15) is 0 Å². The van der Waals surface area contributed by atoms with Crippen molar-refractivity contribution in [2.75, 3.05) is 44.2 Å². The predicted molar refractivity (Wildman–Crippen MR) is 101 cm³/mol. The third-order valence-corrected chi connectivity index (χ3v) is 5.66. The molecule has 0 aliphatic carbocycles. The number of likely N-dealkylation sites (tertiary alicyclic amines) is 1. The summed E-state index contributed by atoms with van der Waals surface area (Å²) in [5, 5.41) is 9.35. The number of carboxylic acid groups (broad SMARTS) is 1. The van der Waals surface area contributed by atoms with E-state index in [-0.39, 0.29) is 17.9 Å². The molecule has 26 heavy (non-hydrogen) atoms. The maximum atomic E-state index is 12.9. The van der Waals surface area contributed by atoms with E-state index in [4.69, 9.17) is 0 Å². The molecular weight excluding hydrogens is 330 g/mol. The summed E-state index contributed by atoms with van der Waals surface area (Å²) in [5.74, 6) is -0.701. The molecular formula is C20H29N3O3. The molecule has 3 unspecified atom stereocenters. The molecule has 0 spiro atoms. The quantitative estimate of drug-likeness (QED) is 0.888. The Morgan fingerprint density at radius 3 is 2.35 bits per heavy atom. The fourth-order valence-electron chi connectivity index (χ4n) is 4.13. The Labute approximate surface area is 155 Å². The van der Waals surface area contributed by atoms with E-state index in [1.54, 1.807) is 0 Å². The van der Waals surface area contributed by atoms with Crippen LogP contribution in [-0.4, -0.2) is 72.1 Å². The van der Waals surface area contributed by atoms with E-state index in [0.717, 1.165) is 19.6 Å². The summed E-state index contributed by atoms with van der Waals surface area (Å²) in [4.78, 5) is 30.6. The predicted octanol–water partition coefficient (Wildman–Crippen LogP) is 1.77. The lowest BCUT2D eigenvalue weighted by Gasteiger charge is -2.41. The number of nitrogens with zero attached hydrogens (tertiary/aromatic N) is 3. The molecule has 3 rings (SSSR count). The van der Waals surface area contributed by atoms with Crippen molar-refractivity contribution in [3.8, 4) is 0 Å². The van der Waals surface area contributed by atoms with Crippen molar-refractivity contribution in [3.05, 3.63) is 30.3 Å². The third kappa shape index (κ3) is 4.18. The zero-order chi connectivity index (χ0) is 18.7. The van der Waals surface area contributed by atoms with Crippen LogP contribution in [0.3, 0.4) is 0 Å². The smallest absolute Gasteiger partial charge is 0.307 e. The van der Waals surface area contributed by atoms with E-state index >= 15 is 0 Å². The minimum Gasteiger partial charge on any atom is -0.481 e. The van der Waals surface area contributed by atoms with E-state index < -0.39 is 5.97 Å². The molecule has 1 amide bonds. The van der Waals surface area contributed by atoms with Gasteiger partial charge in [-0.05, 0) is 31.4 Å². The van der Waals surface area contributed by atoms with Crippen molar-refractivity contribution in [3.63, 3.8) is 0 Å². The van der Waals surface area contributed by atoms with Crippen molar-refractivity contribution in [2.45, 2.75) is 26.3 Å². The SMILES string of the molecule is CC1CC(C(=O)O)CN(C(C)C(=O)N2CCN(c3ccccc3)CC2)C1. The molecule has 1 aromatic carbocycles. The molecule has 0 radical (unpaired) electrons. The van der Waals surface area contributed by atoms with Crippen LogP contribution in [0.15, 0.2) is 30.3 Å². The maximum absolute atomic E-state index is 12.9. The number of carbonyl (C=O) groups is 2. The highest BCUT2D eigenvalue weighted by atomic mass is 16.4. The molecule has 1 N–H and O–H groups in total. The zero-order valence-electron chi connectivity index (χ0n) is 15.7. The first-order valence-corrected chi connectivity index (χ1v) is 9.51. The molecule has 0 bridgehead atoms. The number of anilines is 1. The number of piperidine rings is 1. The monoisotopic (exact) mass is 359 g/mol. The van der Waals surface area contributed by atoms with E-state index in [1.165, 1.54) is 5.69 Å². The van der Waals surface area contributed by atoms with Gasteiger partial charge in [-0.1, -0.05) is 25.1 Å². The average molecular weight is 359 g/mol. The van der Waals surface area contributed by atoms with Crippen molar-refractivity contribution in [2.24, 2.45) is 11.8 Å². The van der Waals surface area contributed by atoms with Gasteiger partial charge in [0.05, 0.1) is 12.0 Å². The molecule has 3 atom stereocenters. The van der Waals surface area contributed by atoms with E-state index in [2.05, 4.69) is 28.9 Å². The highest BCUT2D eigenvalue weighted by molar-refractivity contribution is 5.82. The van der Waals surface area contributed by atoms with Crippen LogP contribution >= 0.6 is 0 Å². The van der Waals surface area contributed by atoms with Crippen molar-refractivity contribution >= 4 is 17.6 Å². The molecule has 0 aromatic heterocycles. The van der Waals surface area contributed by atoms with Gasteiger partial charge in [-0.25, -0.2) is 0 Å². The number of piperazine rings is 1. The standard InChI is InChI=1S/C20H29N3O3/c1-15-12-17(20(25)26)14-23(13-15)16(2)19(24)22-10-8-21(9-11-22)18-6-4-3-5-7-18/h3-7,15-17H,8-14H2,1-2H3,(H,25,26). The van der Waals surface area contributed by atoms with Crippen LogP contribution < -0.4 is 4.90 Å². The number of carbonyl (C=O) groups excluding carboxylic acids is 1. The maximum Gasteiger partial charge on any atom is 0.307 e. The van der Waals surface area contributed by atoms with Crippen LogP contribution in [0.25, 0.3) is 0 Å². The van der Waals surface area contributed by atoms with Crippen molar-refractivity contribution < 1.29 is 14.7 Å². The molecule has 2 fully saturated rings. The highest BCUT2D eigenvalue weighted by Gasteiger charge is 2.35. The number of benzene rings is 1. The Bertz CT molecular complexity index is 628. The Balaban J connectivity index is 1.57. The highest BCUT2D eigenvalue weighted by Crippen LogP contribution is 2.24. The third-order valence-electron chi connectivity index (χ3n) is 5.66. The second-order valence-electron chi connectivity index (χ2n) is 7.65. The zero-order valence-corrected chi connectivity index (χ0v) is 15.7. The Hall–Kier alpha value is -2.08. The van der Waals surface area contributed by atoms with Gasteiger partial charge in [0.1, 0.15) is 0 Å². The normalized spacial score (nSPS) is 25.8. The summed E-state index contributed by atoms with van der Waals surface area (Å²) in [5.41, 5.74) is 1.20. The van der Waals surface area contributed by atoms with Gasteiger partial charge < -0.3 is 14.9 Å². The van der Waals surface area contributed by atoms with Gasteiger partial charge in [0.15, 0.2) is 0 Å². The van der Waals surface area contributed by atoms with Crippen molar-refractivity contribution in [1.82, 2.24) is 9.80 Å². The Kier molecular flexibility index (Phi) is 5.81. The summed E-state index contributed by atoms with van der Waals surface area (Å²) in [6.45, 7) is 8.33. The number of carboxylic acids is 1. The first-order chi connectivity index (χ1) is 12.5. The summed E-state index contributed by atoms with van der Waals surface area (Å²) in [7, 11) is 0. The number of aliphatic carboxylic acids is 1. The largest absolute Gasteiger partial charge is 0.481 e. The lowest BCUT2D eigenvalue weighted by Crippen LogP contribution is -2.56. The lowest BCUT2D eigenvalue weighted by atomic mass is 9.89. The minimum absolute atomic E-state index is 0.121. The van der Waals surface area contributed by atoms with Crippen LogP contribution in [0.1, 0.15) is 20.3 Å². The second-order valence-corrected chi connectivity index (χ2v) is 7.65. The van der Waals surface area contributed by atoms with E-state index in [9.17, 15) is 14.7 Å². The lowest BCUT2D eigenvalue weighted by molar-refractivity contribution is -0.147. The number of rotatable bonds is 4. The van der Waals surface area contributed by atoms with Gasteiger partial charge in [0, 0.05) is 45.0 Å². The molecule has 2 heterocycles. The number of para-hydroxylation sites is 1. The summed E-state index contributed by atoms with van der Waals surface area (Å²) in [6.07, 6.45) is 0.697. The molecule has 2 aliphatic heterocycles. The van der Waals surface area contributed by atoms with Gasteiger partial charge in [0.25, 0.3) is 0 Å². The molecule has 2 aliphatic rings. The van der Waals surface area contributed by atoms with Crippen LogP contribution in [0.4, 0.5) is 5.69 Å². The Morgan fingerprint density at radius 1 is 1.08 bits per heavy atom. The Morgan fingerprint density at radius 2 is 1.73 bits per heavy atom. The summed E-state index contributed by atoms with van der Waals surface area (Å²) < 4.78 is 0. The molecule has 142 valence electrons. The van der Waals surface area contributed by atoms with Crippen LogP contribution in [0, 0.1) is 11.8 Å². The van der Waals surface area contributed by atoms with E-state index in [0.29, 0.717) is 32.0 Å². The fraction of sp³-hybridized carbons (Fsp3) is 0.600. The minimum atomic E-state index is -0.752. The first kappa shape index (κ1) is 18.7. The second kappa shape index (κ2) is 8.08. The molecule has 1 aromatic rings. The van der Waals surface area contributed by atoms with Gasteiger partial charge in [-0.15, -0.1) is 0 Å². The number of hydrogen-bond donors (Lipinski definition) is 1. The van der Waals surface area contributed by atoms with Gasteiger partial charge in [-0.3, -0.25) is 14.5 Å². The molecule has 6 heteroatoms. The van der Waals surface area contributed by atoms with Gasteiger partial charge >= 0.3 is 5.97 Å². The number of amides is 1. The molecule has 2 saturated heterocycles. The first-order valence-electron chi connectivity index (χ1n) is 9.51. The van der Waals surface area contributed by atoms with Crippen molar-refractivity contribution in [1.29, 1.82) is 0 Å². The molecule has 0 saturated carbocycles. The van der Waals surface area contributed by atoms with Crippen LogP contribution in [0.2, 0.25) is 0 Å². The average Bonchev–Trinajstić information content (AvgIpc) is 2.67. The molecule has 6 nitrogen and oxygen atoms in total. The van der Waals surface area contributed by atoms with Crippen LogP contribution in [-0.2, 0) is 9.59 Å². The summed E-state index contributed by atoms with van der Waals surface area (Å²) >= 11 is 0. The van der Waals surface area contributed by atoms with Gasteiger partial charge in [0.2, 0.25) is 5.91 Å². The fourth-order valence-corrected chi connectivity index (χ4v) is 4.13.